The summed E-state index contributed by atoms with van der Waals surface area (Å²) in [6, 6.07) is 41.2. The number of hydrogen-bond acceptors (Lipinski definition) is 2. The van der Waals surface area contributed by atoms with Crippen LogP contribution in [0, 0.1) is 0 Å². The maximum absolute atomic E-state index is 10.1. The minimum atomic E-state index is -1.54. The van der Waals surface area contributed by atoms with E-state index in [0.717, 1.165) is 49.7 Å². The van der Waals surface area contributed by atoms with Gasteiger partial charge in [-0.1, -0.05) is 91.0 Å². The Morgan fingerprint density at radius 3 is 1.68 bits per heavy atom. The molecule has 0 atom stereocenters. The summed E-state index contributed by atoms with van der Waals surface area (Å²) in [5.41, 5.74) is 8.04. The molecule has 0 aliphatic rings. The number of benzene rings is 5. The number of hydrogen-bond donors (Lipinski definition) is 2. The summed E-state index contributed by atoms with van der Waals surface area (Å²) in [5.74, 6) is 0. The van der Waals surface area contributed by atoms with Crippen LogP contribution in [-0.4, -0.2) is 21.7 Å². The number of rotatable bonds is 4. The normalized spacial score (nSPS) is 11.2. The van der Waals surface area contributed by atoms with Gasteiger partial charge in [0.2, 0.25) is 0 Å². The van der Waals surface area contributed by atoms with Gasteiger partial charge in [0.15, 0.2) is 0 Å². The van der Waals surface area contributed by atoms with E-state index in [0.29, 0.717) is 5.46 Å². The Labute approximate surface area is 198 Å². The Morgan fingerprint density at radius 2 is 1.06 bits per heavy atom. The molecule has 0 fully saturated rings. The summed E-state index contributed by atoms with van der Waals surface area (Å²) in [6.45, 7) is 0. The molecule has 34 heavy (non-hydrogen) atoms. The lowest BCUT2D eigenvalue weighted by molar-refractivity contribution is 0.426. The van der Waals surface area contributed by atoms with Crippen LogP contribution in [0.5, 0.6) is 0 Å². The van der Waals surface area contributed by atoms with Crippen molar-refractivity contribution in [1.29, 1.82) is 0 Å². The van der Waals surface area contributed by atoms with Crippen molar-refractivity contribution in [1.82, 2.24) is 4.57 Å². The average Bonchev–Trinajstić information content (AvgIpc) is 3.24. The molecule has 0 saturated heterocycles. The molecule has 162 valence electrons. The molecule has 6 rings (SSSR count). The molecule has 4 heteroatoms. The Kier molecular flexibility index (Phi) is 5.03. The predicted molar refractivity (Wildman–Crippen MR) is 141 cm³/mol. The van der Waals surface area contributed by atoms with Crippen molar-refractivity contribution >= 4 is 34.4 Å². The van der Waals surface area contributed by atoms with E-state index < -0.39 is 7.12 Å². The van der Waals surface area contributed by atoms with Crippen molar-refractivity contribution in [2.75, 3.05) is 0 Å². The van der Waals surface area contributed by atoms with Gasteiger partial charge in [0, 0.05) is 16.5 Å². The first-order chi connectivity index (χ1) is 16.7. The monoisotopic (exact) mass is 439 g/mol. The lowest BCUT2D eigenvalue weighted by atomic mass is 9.77. The van der Waals surface area contributed by atoms with Gasteiger partial charge >= 0.3 is 7.12 Å². The average molecular weight is 439 g/mol. The van der Waals surface area contributed by atoms with Gasteiger partial charge in [-0.05, 0) is 58.0 Å². The molecule has 5 aromatic carbocycles. The van der Waals surface area contributed by atoms with E-state index in [2.05, 4.69) is 77.4 Å². The van der Waals surface area contributed by atoms with E-state index in [4.69, 9.17) is 0 Å². The van der Waals surface area contributed by atoms with Crippen LogP contribution in [0.25, 0.3) is 49.7 Å². The summed E-state index contributed by atoms with van der Waals surface area (Å²) >= 11 is 0. The number of fused-ring (bicyclic) bond motifs is 3. The first kappa shape index (κ1) is 20.5. The number of aromatic nitrogens is 1. The molecule has 1 aromatic heterocycles. The topological polar surface area (TPSA) is 45.4 Å². The van der Waals surface area contributed by atoms with Crippen molar-refractivity contribution in [3.8, 4) is 27.9 Å². The second-order valence-corrected chi connectivity index (χ2v) is 8.47. The summed E-state index contributed by atoms with van der Waals surface area (Å²) in [5, 5.41) is 22.0. The Bertz CT molecular complexity index is 1560. The van der Waals surface area contributed by atoms with Gasteiger partial charge < -0.3 is 14.6 Å². The van der Waals surface area contributed by atoms with E-state index in [-0.39, 0.29) is 0 Å². The van der Waals surface area contributed by atoms with E-state index >= 15 is 0 Å². The largest absolute Gasteiger partial charge is 0.489 e. The molecule has 3 nitrogen and oxygen atoms in total. The predicted octanol–water partition coefficient (Wildman–Crippen LogP) is 5.80. The molecular formula is C30H22BNO2. The van der Waals surface area contributed by atoms with Gasteiger partial charge in [-0.2, -0.15) is 0 Å². The highest BCUT2D eigenvalue weighted by Gasteiger charge is 2.21. The molecule has 0 unspecified atom stereocenters. The van der Waals surface area contributed by atoms with Gasteiger partial charge in [0.1, 0.15) is 0 Å². The maximum Gasteiger partial charge on any atom is 0.489 e. The SMILES string of the molecule is OB(O)c1cccc2c1c1ccccc1n2-c1cc(-c2ccccc2)cc(-c2ccccc2)c1. The zero-order chi connectivity index (χ0) is 23.1. The number of para-hydroxylation sites is 1. The summed E-state index contributed by atoms with van der Waals surface area (Å²) in [7, 11) is -1.54. The second-order valence-electron chi connectivity index (χ2n) is 8.47. The molecule has 0 aliphatic carbocycles. The summed E-state index contributed by atoms with van der Waals surface area (Å²) in [4.78, 5) is 0. The van der Waals surface area contributed by atoms with E-state index in [9.17, 15) is 10.0 Å². The van der Waals surface area contributed by atoms with Gasteiger partial charge in [0.05, 0.1) is 11.0 Å². The third kappa shape index (κ3) is 3.41. The lowest BCUT2D eigenvalue weighted by Crippen LogP contribution is -2.30. The molecule has 2 N–H and O–H groups in total. The van der Waals surface area contributed by atoms with E-state index in [1.54, 1.807) is 6.07 Å². The minimum Gasteiger partial charge on any atom is -0.423 e. The first-order valence-electron chi connectivity index (χ1n) is 11.4. The fourth-order valence-electron chi connectivity index (χ4n) is 4.88. The molecule has 0 bridgehead atoms. The van der Waals surface area contributed by atoms with Gasteiger partial charge in [-0.3, -0.25) is 0 Å². The highest BCUT2D eigenvalue weighted by Crippen LogP contribution is 2.35. The quantitative estimate of drug-likeness (QED) is 0.341. The van der Waals surface area contributed by atoms with Crippen LogP contribution in [-0.2, 0) is 0 Å². The van der Waals surface area contributed by atoms with E-state index in [1.165, 1.54) is 0 Å². The minimum absolute atomic E-state index is 0.509. The highest BCUT2D eigenvalue weighted by molar-refractivity contribution is 6.63. The molecule has 0 saturated carbocycles. The van der Waals surface area contributed by atoms with Crippen LogP contribution < -0.4 is 5.46 Å². The van der Waals surface area contributed by atoms with Gasteiger partial charge in [-0.15, -0.1) is 0 Å². The number of nitrogens with zero attached hydrogens (tertiary/aromatic N) is 1. The van der Waals surface area contributed by atoms with Crippen molar-refractivity contribution in [2.24, 2.45) is 0 Å². The smallest absolute Gasteiger partial charge is 0.423 e. The van der Waals surface area contributed by atoms with Crippen molar-refractivity contribution in [3.05, 3.63) is 121 Å². The second kappa shape index (κ2) is 8.34. The van der Waals surface area contributed by atoms with Crippen molar-refractivity contribution < 1.29 is 10.0 Å². The van der Waals surface area contributed by atoms with Crippen LogP contribution in [0.2, 0.25) is 0 Å². The fourth-order valence-corrected chi connectivity index (χ4v) is 4.88. The molecule has 0 aliphatic heterocycles. The molecule has 1 heterocycles. The van der Waals surface area contributed by atoms with Gasteiger partial charge in [-0.25, -0.2) is 0 Å². The zero-order valence-electron chi connectivity index (χ0n) is 18.5. The van der Waals surface area contributed by atoms with Crippen LogP contribution >= 0.6 is 0 Å². The lowest BCUT2D eigenvalue weighted by Gasteiger charge is -2.14. The standard InChI is InChI=1S/C30H22BNO2/c33-31(34)27-15-9-17-29-30(27)26-14-7-8-16-28(26)32(29)25-19-23(21-10-3-1-4-11-21)18-24(20-25)22-12-5-2-6-13-22/h1-20,33-34H. The zero-order valence-corrected chi connectivity index (χ0v) is 18.5. The van der Waals surface area contributed by atoms with Crippen molar-refractivity contribution in [2.45, 2.75) is 0 Å². The fraction of sp³-hybridized carbons (Fsp3) is 0. The van der Waals surface area contributed by atoms with Crippen LogP contribution in [0.1, 0.15) is 0 Å². The first-order valence-corrected chi connectivity index (χ1v) is 11.4. The summed E-state index contributed by atoms with van der Waals surface area (Å²) in [6.07, 6.45) is 0. The molecule has 6 aromatic rings. The third-order valence-corrected chi connectivity index (χ3v) is 6.40. The molecule has 0 spiro atoms. The highest BCUT2D eigenvalue weighted by atomic mass is 16.4. The van der Waals surface area contributed by atoms with Crippen LogP contribution in [0.3, 0.4) is 0 Å². The third-order valence-electron chi connectivity index (χ3n) is 6.40. The molecular weight excluding hydrogens is 417 g/mol. The van der Waals surface area contributed by atoms with Crippen LogP contribution in [0.4, 0.5) is 0 Å². The van der Waals surface area contributed by atoms with E-state index in [1.807, 2.05) is 42.5 Å². The Hall–Kier alpha value is -4.12. The van der Waals surface area contributed by atoms with Crippen LogP contribution in [0.15, 0.2) is 121 Å². The van der Waals surface area contributed by atoms with Gasteiger partial charge in [0.25, 0.3) is 0 Å². The molecule has 0 amide bonds. The summed E-state index contributed by atoms with van der Waals surface area (Å²) < 4.78 is 2.22. The maximum atomic E-state index is 10.1. The Morgan fingerprint density at radius 1 is 0.500 bits per heavy atom. The molecule has 0 radical (unpaired) electrons. The Balaban J connectivity index is 1.71. The van der Waals surface area contributed by atoms with Crippen molar-refractivity contribution in [3.63, 3.8) is 0 Å².